The predicted molar refractivity (Wildman–Crippen MR) is 76.5 cm³/mol. The first-order chi connectivity index (χ1) is 8.70. The van der Waals surface area contributed by atoms with Crippen LogP contribution < -0.4 is 5.32 Å². The van der Waals surface area contributed by atoms with Gasteiger partial charge >= 0.3 is 0 Å². The van der Waals surface area contributed by atoms with Gasteiger partial charge in [0.1, 0.15) is 0 Å². The van der Waals surface area contributed by atoms with Crippen LogP contribution in [0.2, 0.25) is 10.0 Å². The third-order valence-electron chi connectivity index (χ3n) is 3.49. The highest BCUT2D eigenvalue weighted by Crippen LogP contribution is 2.30. The summed E-state index contributed by atoms with van der Waals surface area (Å²) in [5.41, 5.74) is 1.11. The minimum atomic E-state index is 0.263. The van der Waals surface area contributed by atoms with Crippen LogP contribution in [0.25, 0.3) is 0 Å². The molecule has 1 aromatic rings. The summed E-state index contributed by atoms with van der Waals surface area (Å²) in [6.45, 7) is 0.913. The third-order valence-corrected chi connectivity index (χ3v) is 4.05. The number of ether oxygens (including phenoxy) is 1. The minimum absolute atomic E-state index is 0.263. The first-order valence-corrected chi connectivity index (χ1v) is 7.20. The van der Waals surface area contributed by atoms with Crippen molar-refractivity contribution < 1.29 is 4.74 Å². The van der Waals surface area contributed by atoms with E-state index >= 15 is 0 Å². The fourth-order valence-corrected chi connectivity index (χ4v) is 3.00. The van der Waals surface area contributed by atoms with Gasteiger partial charge in [0.25, 0.3) is 0 Å². The second-order valence-electron chi connectivity index (χ2n) is 4.72. The van der Waals surface area contributed by atoms with Crippen molar-refractivity contribution in [1.29, 1.82) is 0 Å². The lowest BCUT2D eigenvalue weighted by Crippen LogP contribution is -2.19. The van der Waals surface area contributed by atoms with Gasteiger partial charge in [-0.1, -0.05) is 29.3 Å². The number of halogens is 2. The molecule has 1 heterocycles. The van der Waals surface area contributed by atoms with Crippen molar-refractivity contribution in [2.45, 2.75) is 37.8 Å². The summed E-state index contributed by atoms with van der Waals surface area (Å²) < 4.78 is 5.65. The van der Waals surface area contributed by atoms with E-state index in [0.29, 0.717) is 11.1 Å². The molecule has 1 saturated heterocycles. The maximum absolute atomic E-state index is 6.24. The Morgan fingerprint density at radius 3 is 2.89 bits per heavy atom. The maximum Gasteiger partial charge on any atom is 0.0576 e. The molecule has 2 atom stereocenters. The fraction of sp³-hybridized carbons (Fsp3) is 0.571. The van der Waals surface area contributed by atoms with Crippen LogP contribution in [0, 0.1) is 0 Å². The molecule has 4 heteroatoms. The van der Waals surface area contributed by atoms with Crippen LogP contribution in [0.5, 0.6) is 0 Å². The highest BCUT2D eigenvalue weighted by Gasteiger charge is 2.19. The van der Waals surface area contributed by atoms with Gasteiger partial charge in [0, 0.05) is 22.7 Å². The quantitative estimate of drug-likeness (QED) is 0.876. The van der Waals surface area contributed by atoms with E-state index in [2.05, 4.69) is 5.32 Å². The SMILES string of the molecule is CNC(CCC1CCCO1)c1ccc(Cl)cc1Cl. The van der Waals surface area contributed by atoms with Crippen LogP contribution in [0.15, 0.2) is 18.2 Å². The van der Waals surface area contributed by atoms with Crippen LogP contribution in [-0.2, 0) is 4.74 Å². The van der Waals surface area contributed by atoms with Gasteiger partial charge in [-0.15, -0.1) is 0 Å². The lowest BCUT2D eigenvalue weighted by Gasteiger charge is -2.20. The van der Waals surface area contributed by atoms with Crippen molar-refractivity contribution in [3.8, 4) is 0 Å². The van der Waals surface area contributed by atoms with Crippen molar-refractivity contribution >= 4 is 23.2 Å². The Morgan fingerprint density at radius 2 is 2.28 bits per heavy atom. The van der Waals surface area contributed by atoms with Crippen LogP contribution in [0.3, 0.4) is 0 Å². The van der Waals surface area contributed by atoms with Crippen molar-refractivity contribution in [2.24, 2.45) is 0 Å². The summed E-state index contributed by atoms with van der Waals surface area (Å²) in [4.78, 5) is 0. The Labute approximate surface area is 119 Å². The fourth-order valence-electron chi connectivity index (χ4n) is 2.46. The molecule has 100 valence electrons. The van der Waals surface area contributed by atoms with E-state index in [1.807, 2.05) is 19.2 Å². The highest BCUT2D eigenvalue weighted by molar-refractivity contribution is 6.35. The normalized spacial score (nSPS) is 21.2. The van der Waals surface area contributed by atoms with E-state index < -0.39 is 0 Å². The van der Waals surface area contributed by atoms with Gasteiger partial charge in [0.05, 0.1) is 6.10 Å². The lowest BCUT2D eigenvalue weighted by atomic mass is 9.99. The molecule has 0 spiro atoms. The summed E-state index contributed by atoms with van der Waals surface area (Å²) in [7, 11) is 1.96. The second kappa shape index (κ2) is 6.76. The molecule has 0 aliphatic carbocycles. The van der Waals surface area contributed by atoms with E-state index in [4.69, 9.17) is 27.9 Å². The number of hydrogen-bond donors (Lipinski definition) is 1. The van der Waals surface area contributed by atoms with Crippen LogP contribution in [0.1, 0.15) is 37.3 Å². The van der Waals surface area contributed by atoms with E-state index in [9.17, 15) is 0 Å². The zero-order valence-corrected chi connectivity index (χ0v) is 12.1. The molecule has 0 aromatic heterocycles. The van der Waals surface area contributed by atoms with Gasteiger partial charge in [-0.05, 0) is 50.4 Å². The molecule has 2 unspecified atom stereocenters. The first kappa shape index (κ1) is 14.1. The molecule has 1 aliphatic heterocycles. The van der Waals surface area contributed by atoms with Crippen molar-refractivity contribution in [2.75, 3.05) is 13.7 Å². The molecular weight excluding hydrogens is 269 g/mol. The molecular formula is C14H19Cl2NO. The third kappa shape index (κ3) is 3.61. The van der Waals surface area contributed by atoms with Crippen molar-refractivity contribution in [3.63, 3.8) is 0 Å². The smallest absolute Gasteiger partial charge is 0.0576 e. The average molecular weight is 288 g/mol. The zero-order chi connectivity index (χ0) is 13.0. The Hall–Kier alpha value is -0.280. The molecule has 2 nitrogen and oxygen atoms in total. The Morgan fingerprint density at radius 1 is 1.44 bits per heavy atom. The summed E-state index contributed by atoms with van der Waals surface area (Å²) in [6.07, 6.45) is 4.90. The number of benzene rings is 1. The van der Waals surface area contributed by atoms with Crippen molar-refractivity contribution in [3.05, 3.63) is 33.8 Å². The van der Waals surface area contributed by atoms with Crippen LogP contribution in [-0.4, -0.2) is 19.8 Å². The van der Waals surface area contributed by atoms with Gasteiger partial charge in [-0.2, -0.15) is 0 Å². The molecule has 0 bridgehead atoms. The number of hydrogen-bond acceptors (Lipinski definition) is 2. The molecule has 2 rings (SSSR count). The first-order valence-electron chi connectivity index (χ1n) is 6.44. The minimum Gasteiger partial charge on any atom is -0.378 e. The molecule has 18 heavy (non-hydrogen) atoms. The van der Waals surface area contributed by atoms with Gasteiger partial charge < -0.3 is 10.1 Å². The van der Waals surface area contributed by atoms with E-state index in [-0.39, 0.29) is 6.04 Å². The van der Waals surface area contributed by atoms with Gasteiger partial charge in [0.15, 0.2) is 0 Å². The van der Waals surface area contributed by atoms with Gasteiger partial charge in [-0.25, -0.2) is 0 Å². The number of rotatable bonds is 5. The highest BCUT2D eigenvalue weighted by atomic mass is 35.5. The Kier molecular flexibility index (Phi) is 5.31. The monoisotopic (exact) mass is 287 g/mol. The summed E-state index contributed by atoms with van der Waals surface area (Å²) in [5, 5.41) is 4.73. The summed E-state index contributed by atoms with van der Waals surface area (Å²) >= 11 is 12.2. The van der Waals surface area contributed by atoms with Gasteiger partial charge in [0.2, 0.25) is 0 Å². The largest absolute Gasteiger partial charge is 0.378 e. The molecule has 1 fully saturated rings. The van der Waals surface area contributed by atoms with Crippen LogP contribution >= 0.6 is 23.2 Å². The molecule has 0 saturated carbocycles. The lowest BCUT2D eigenvalue weighted by molar-refractivity contribution is 0.0998. The average Bonchev–Trinajstić information content (AvgIpc) is 2.85. The molecule has 1 N–H and O–H groups in total. The number of nitrogens with one attached hydrogen (secondary N) is 1. The van der Waals surface area contributed by atoms with Gasteiger partial charge in [-0.3, -0.25) is 0 Å². The maximum atomic E-state index is 6.24. The standard InChI is InChI=1S/C14H19Cl2NO/c1-17-14(7-5-11-3-2-8-18-11)12-6-4-10(15)9-13(12)16/h4,6,9,11,14,17H,2-3,5,7-8H2,1H3. The van der Waals surface area contributed by atoms with E-state index in [1.165, 1.54) is 12.8 Å². The summed E-state index contributed by atoms with van der Waals surface area (Å²) in [6, 6.07) is 5.95. The predicted octanol–water partition coefficient (Wildman–Crippen LogP) is 4.21. The summed E-state index contributed by atoms with van der Waals surface area (Å²) in [5.74, 6) is 0. The second-order valence-corrected chi connectivity index (χ2v) is 5.56. The molecule has 1 aromatic carbocycles. The van der Waals surface area contributed by atoms with E-state index in [0.717, 1.165) is 30.0 Å². The zero-order valence-electron chi connectivity index (χ0n) is 10.6. The van der Waals surface area contributed by atoms with Crippen molar-refractivity contribution in [1.82, 2.24) is 5.32 Å². The van der Waals surface area contributed by atoms with Crippen LogP contribution in [0.4, 0.5) is 0 Å². The molecule has 0 amide bonds. The molecule has 0 radical (unpaired) electrons. The topological polar surface area (TPSA) is 21.3 Å². The Balaban J connectivity index is 1.98. The van der Waals surface area contributed by atoms with E-state index in [1.54, 1.807) is 6.07 Å². The molecule has 1 aliphatic rings. The Bertz CT molecular complexity index is 391.